The zero-order valence-corrected chi connectivity index (χ0v) is 16.3. The van der Waals surface area contributed by atoms with Crippen LogP contribution in [0.1, 0.15) is 39.6 Å². The van der Waals surface area contributed by atoms with E-state index in [2.05, 4.69) is 4.74 Å². The molecule has 2 aromatic rings. The van der Waals surface area contributed by atoms with E-state index >= 15 is 0 Å². The highest BCUT2D eigenvalue weighted by Gasteiger charge is 2.32. The van der Waals surface area contributed by atoms with Gasteiger partial charge in [0.1, 0.15) is 36.8 Å². The van der Waals surface area contributed by atoms with Crippen LogP contribution in [0.5, 0.6) is 17.2 Å². The second kappa shape index (κ2) is 7.96. The maximum absolute atomic E-state index is 12.8. The fourth-order valence-electron chi connectivity index (χ4n) is 3.13. The van der Waals surface area contributed by atoms with Gasteiger partial charge in [0, 0.05) is 6.07 Å². The van der Waals surface area contributed by atoms with Gasteiger partial charge < -0.3 is 18.9 Å². The first-order valence-corrected chi connectivity index (χ1v) is 8.82. The number of aryl methyl sites for hydroxylation is 2. The molecule has 144 valence electrons. The standard InChI is InChI=1S/C21H21BO6/c1-11-5-6-13(7-12(11)2)15-8-14(23)19-16(28-15)9-17(20(22)21(19)26-4)27-10-18(24)25-3/h5-7,9,15H,8,10H2,1-4H3. The number of hydrogen-bond acceptors (Lipinski definition) is 6. The van der Waals surface area contributed by atoms with Crippen LogP contribution >= 0.6 is 0 Å². The van der Waals surface area contributed by atoms with Crippen LogP contribution in [0, 0.1) is 13.8 Å². The predicted octanol–water partition coefficient (Wildman–Crippen LogP) is 2.36. The molecule has 0 N–H and O–H groups in total. The van der Waals surface area contributed by atoms with Gasteiger partial charge in [0.05, 0.1) is 20.6 Å². The Bertz CT molecular complexity index is 937. The SMILES string of the molecule is [B]c1c(OCC(=O)OC)cc2c(c1OC)C(=O)CC(c1ccc(C)c(C)c1)O2. The second-order valence-electron chi connectivity index (χ2n) is 6.64. The van der Waals surface area contributed by atoms with Crippen LogP contribution in [0.3, 0.4) is 0 Å². The number of esters is 1. The van der Waals surface area contributed by atoms with Crippen molar-refractivity contribution in [3.63, 3.8) is 0 Å². The Kier molecular flexibility index (Phi) is 5.63. The number of ketones is 1. The summed E-state index contributed by atoms with van der Waals surface area (Å²) < 4.78 is 21.5. The molecule has 0 aromatic heterocycles. The van der Waals surface area contributed by atoms with Crippen LogP contribution in [0.25, 0.3) is 0 Å². The highest BCUT2D eigenvalue weighted by Crippen LogP contribution is 2.41. The van der Waals surface area contributed by atoms with Crippen molar-refractivity contribution >= 4 is 25.1 Å². The number of hydrogen-bond donors (Lipinski definition) is 0. The van der Waals surface area contributed by atoms with Crippen molar-refractivity contribution in [1.82, 2.24) is 0 Å². The number of benzene rings is 2. The topological polar surface area (TPSA) is 71.1 Å². The van der Waals surface area contributed by atoms with Gasteiger partial charge in [-0.3, -0.25) is 4.79 Å². The van der Waals surface area contributed by atoms with Crippen LogP contribution in [-0.4, -0.2) is 40.4 Å². The van der Waals surface area contributed by atoms with Crippen LogP contribution in [0.4, 0.5) is 0 Å². The Morgan fingerprint density at radius 1 is 1.21 bits per heavy atom. The minimum atomic E-state index is -0.555. The predicted molar refractivity (Wildman–Crippen MR) is 104 cm³/mol. The van der Waals surface area contributed by atoms with Crippen molar-refractivity contribution in [2.75, 3.05) is 20.8 Å². The van der Waals surface area contributed by atoms with Crippen LogP contribution < -0.4 is 19.7 Å². The molecule has 0 amide bonds. The molecular weight excluding hydrogens is 359 g/mol. The Labute approximate surface area is 165 Å². The lowest BCUT2D eigenvalue weighted by atomic mass is 9.86. The first-order chi connectivity index (χ1) is 13.3. The molecule has 1 aliphatic rings. The van der Waals surface area contributed by atoms with Crippen molar-refractivity contribution in [3.8, 4) is 17.2 Å². The minimum Gasteiger partial charge on any atom is -0.496 e. The number of fused-ring (bicyclic) bond motifs is 1. The van der Waals surface area contributed by atoms with E-state index in [9.17, 15) is 9.59 Å². The minimum absolute atomic E-state index is 0.131. The number of carbonyl (C=O) groups excluding carboxylic acids is 2. The Morgan fingerprint density at radius 3 is 2.61 bits per heavy atom. The van der Waals surface area contributed by atoms with Crippen molar-refractivity contribution in [2.45, 2.75) is 26.4 Å². The summed E-state index contributed by atoms with van der Waals surface area (Å²) in [5.41, 5.74) is 3.61. The van der Waals surface area contributed by atoms with Crippen molar-refractivity contribution < 1.29 is 28.5 Å². The van der Waals surface area contributed by atoms with Gasteiger partial charge in [-0.1, -0.05) is 18.2 Å². The number of rotatable bonds is 5. The van der Waals surface area contributed by atoms with E-state index in [0.717, 1.165) is 11.1 Å². The molecule has 0 aliphatic carbocycles. The van der Waals surface area contributed by atoms with Gasteiger partial charge in [0.25, 0.3) is 0 Å². The first kappa shape index (κ1) is 19.8. The van der Waals surface area contributed by atoms with E-state index in [0.29, 0.717) is 5.75 Å². The lowest BCUT2D eigenvalue weighted by Gasteiger charge is -2.28. The molecule has 1 aliphatic heterocycles. The number of methoxy groups -OCH3 is 2. The van der Waals surface area contributed by atoms with Gasteiger partial charge in [-0.25, -0.2) is 4.79 Å². The van der Waals surface area contributed by atoms with E-state index in [1.165, 1.54) is 25.8 Å². The molecule has 28 heavy (non-hydrogen) atoms. The highest BCUT2D eigenvalue weighted by atomic mass is 16.6. The average Bonchev–Trinajstić information content (AvgIpc) is 2.68. The van der Waals surface area contributed by atoms with Gasteiger partial charge in [-0.2, -0.15) is 0 Å². The largest absolute Gasteiger partial charge is 0.496 e. The summed E-state index contributed by atoms with van der Waals surface area (Å²) in [4.78, 5) is 24.2. The summed E-state index contributed by atoms with van der Waals surface area (Å²) >= 11 is 0. The monoisotopic (exact) mass is 380 g/mol. The number of Topliss-reactive ketones (excluding diaryl/α,β-unsaturated/α-hetero) is 1. The van der Waals surface area contributed by atoms with Gasteiger partial charge >= 0.3 is 5.97 Å². The van der Waals surface area contributed by atoms with Gasteiger partial charge in [-0.05, 0) is 36.0 Å². The molecule has 1 heterocycles. The van der Waals surface area contributed by atoms with Crippen LogP contribution in [0.15, 0.2) is 24.3 Å². The summed E-state index contributed by atoms with van der Waals surface area (Å²) in [5, 5.41) is 0. The van der Waals surface area contributed by atoms with Crippen molar-refractivity contribution in [3.05, 3.63) is 46.5 Å². The lowest BCUT2D eigenvalue weighted by molar-refractivity contribution is -0.142. The highest BCUT2D eigenvalue weighted by molar-refractivity contribution is 6.37. The van der Waals surface area contributed by atoms with E-state index in [1.807, 2.05) is 32.0 Å². The normalized spacial score (nSPS) is 15.4. The molecule has 3 rings (SSSR count). The molecule has 2 radical (unpaired) electrons. The summed E-state index contributed by atoms with van der Waals surface area (Å²) in [5.74, 6) is -0.00512. The molecule has 1 atom stereocenters. The van der Waals surface area contributed by atoms with Crippen LogP contribution in [-0.2, 0) is 9.53 Å². The van der Waals surface area contributed by atoms with Crippen LogP contribution in [0.2, 0.25) is 0 Å². The quantitative estimate of drug-likeness (QED) is 0.586. The number of ether oxygens (including phenoxy) is 4. The molecular formula is C21H21BO6. The Hall–Kier alpha value is -2.96. The van der Waals surface area contributed by atoms with E-state index < -0.39 is 12.1 Å². The second-order valence-corrected chi connectivity index (χ2v) is 6.64. The molecule has 0 saturated carbocycles. The molecule has 7 heteroatoms. The zero-order valence-electron chi connectivity index (χ0n) is 16.3. The molecule has 1 unspecified atom stereocenters. The molecule has 0 saturated heterocycles. The summed E-state index contributed by atoms with van der Waals surface area (Å²) in [6.45, 7) is 3.72. The lowest BCUT2D eigenvalue weighted by Crippen LogP contribution is -2.26. The molecule has 6 nitrogen and oxygen atoms in total. The van der Waals surface area contributed by atoms with E-state index in [1.54, 1.807) is 0 Å². The van der Waals surface area contributed by atoms with Crippen molar-refractivity contribution in [2.24, 2.45) is 0 Å². The molecule has 0 bridgehead atoms. The molecule has 0 spiro atoms. The molecule has 2 aromatic carbocycles. The van der Waals surface area contributed by atoms with E-state index in [4.69, 9.17) is 22.1 Å². The maximum Gasteiger partial charge on any atom is 0.343 e. The van der Waals surface area contributed by atoms with Gasteiger partial charge in [0.15, 0.2) is 12.4 Å². The van der Waals surface area contributed by atoms with E-state index in [-0.39, 0.29) is 41.3 Å². The van der Waals surface area contributed by atoms with Gasteiger partial charge in [0.2, 0.25) is 0 Å². The molecule has 0 fully saturated rings. The smallest absolute Gasteiger partial charge is 0.343 e. The Morgan fingerprint density at radius 2 is 1.96 bits per heavy atom. The third-order valence-electron chi connectivity index (χ3n) is 4.84. The average molecular weight is 380 g/mol. The van der Waals surface area contributed by atoms with Crippen molar-refractivity contribution in [1.29, 1.82) is 0 Å². The fraction of sp³-hybridized carbons (Fsp3) is 0.333. The fourth-order valence-corrected chi connectivity index (χ4v) is 3.13. The maximum atomic E-state index is 12.8. The Balaban J connectivity index is 1.99. The third-order valence-corrected chi connectivity index (χ3v) is 4.84. The first-order valence-electron chi connectivity index (χ1n) is 8.82. The summed E-state index contributed by atoms with van der Waals surface area (Å²) in [7, 11) is 8.76. The summed E-state index contributed by atoms with van der Waals surface area (Å²) in [6.07, 6.45) is -0.255. The third kappa shape index (κ3) is 3.70. The zero-order chi connectivity index (χ0) is 20.4. The number of carbonyl (C=O) groups is 2. The summed E-state index contributed by atoms with van der Waals surface area (Å²) in [6, 6.07) is 7.49. The van der Waals surface area contributed by atoms with Gasteiger partial charge in [-0.15, -0.1) is 0 Å².